The van der Waals surface area contributed by atoms with Crippen LogP contribution in [0.3, 0.4) is 0 Å². The molecule has 0 spiro atoms. The van der Waals surface area contributed by atoms with E-state index in [0.29, 0.717) is 24.2 Å². The van der Waals surface area contributed by atoms with Crippen LogP contribution in [0.2, 0.25) is 0 Å². The van der Waals surface area contributed by atoms with Gasteiger partial charge in [-0.05, 0) is 50.7 Å². The van der Waals surface area contributed by atoms with E-state index >= 15 is 0 Å². The maximum atomic E-state index is 11.6. The summed E-state index contributed by atoms with van der Waals surface area (Å²) >= 11 is 0. The third-order valence-corrected chi connectivity index (χ3v) is 5.82. The number of hydrogen-bond acceptors (Lipinski definition) is 7. The van der Waals surface area contributed by atoms with Crippen LogP contribution in [0.15, 0.2) is 43.5 Å². The normalized spacial score (nSPS) is 18.1. The van der Waals surface area contributed by atoms with Gasteiger partial charge in [0.05, 0.1) is 18.5 Å². The third kappa shape index (κ3) is 5.76. The molecule has 1 aliphatic rings. The monoisotopic (exact) mass is 451 g/mol. The van der Waals surface area contributed by atoms with Crippen LogP contribution in [-0.4, -0.2) is 48.8 Å². The molecule has 1 saturated carbocycles. The summed E-state index contributed by atoms with van der Waals surface area (Å²) in [5.41, 5.74) is 1.56. The van der Waals surface area contributed by atoms with E-state index in [4.69, 9.17) is 9.72 Å². The van der Waals surface area contributed by atoms with E-state index in [1.807, 2.05) is 12.3 Å². The van der Waals surface area contributed by atoms with Crippen LogP contribution in [0.25, 0.3) is 11.0 Å². The number of ether oxygens (including phenoxy) is 1. The van der Waals surface area contributed by atoms with Gasteiger partial charge in [-0.2, -0.15) is 10.1 Å². The van der Waals surface area contributed by atoms with Gasteiger partial charge < -0.3 is 19.9 Å². The van der Waals surface area contributed by atoms with Crippen molar-refractivity contribution in [1.29, 1.82) is 0 Å². The quantitative estimate of drug-likeness (QED) is 0.380. The molecule has 10 nitrogen and oxygen atoms in total. The van der Waals surface area contributed by atoms with E-state index in [9.17, 15) is 9.59 Å². The highest BCUT2D eigenvalue weighted by molar-refractivity contribution is 5.87. The Morgan fingerprint density at radius 1 is 1.27 bits per heavy atom. The van der Waals surface area contributed by atoms with Gasteiger partial charge in [0.1, 0.15) is 12.2 Å². The molecule has 4 rings (SSSR count). The number of amides is 1. The summed E-state index contributed by atoms with van der Waals surface area (Å²) in [4.78, 5) is 32.2. The molecule has 0 atom stereocenters. The molecule has 3 aromatic heterocycles. The number of anilines is 2. The Labute approximate surface area is 192 Å². The highest BCUT2D eigenvalue weighted by Gasteiger charge is 2.22. The fraction of sp³-hybridized carbons (Fsp3) is 0.435. The Hall–Kier alpha value is -3.69. The van der Waals surface area contributed by atoms with E-state index < -0.39 is 0 Å². The largest absolute Gasteiger partial charge is 0.465 e. The Kier molecular flexibility index (Phi) is 7.01. The molecular weight excluding hydrogens is 422 g/mol. The van der Waals surface area contributed by atoms with Gasteiger partial charge >= 0.3 is 5.97 Å². The number of fused-ring (bicyclic) bond motifs is 1. The summed E-state index contributed by atoms with van der Waals surface area (Å²) in [5, 5.41) is 11.3. The van der Waals surface area contributed by atoms with Crippen molar-refractivity contribution in [1.82, 2.24) is 29.6 Å². The van der Waals surface area contributed by atoms with Gasteiger partial charge in [-0.1, -0.05) is 6.58 Å². The van der Waals surface area contributed by atoms with Crippen molar-refractivity contribution < 1.29 is 14.3 Å². The van der Waals surface area contributed by atoms with Gasteiger partial charge in [0.25, 0.3) is 0 Å². The summed E-state index contributed by atoms with van der Waals surface area (Å²) in [6.07, 6.45) is 12.6. The molecule has 0 aromatic carbocycles. The fourth-order valence-corrected chi connectivity index (χ4v) is 4.19. The molecule has 1 amide bonds. The molecule has 10 heteroatoms. The van der Waals surface area contributed by atoms with E-state index in [1.165, 1.54) is 10.8 Å². The minimum atomic E-state index is -0.334. The molecule has 33 heavy (non-hydrogen) atoms. The molecule has 2 N–H and O–H groups in total. The minimum Gasteiger partial charge on any atom is -0.465 e. The molecule has 0 radical (unpaired) electrons. The average molecular weight is 452 g/mol. The zero-order chi connectivity index (χ0) is 23.2. The molecule has 0 unspecified atom stereocenters. The van der Waals surface area contributed by atoms with Crippen molar-refractivity contribution in [3.8, 4) is 0 Å². The van der Waals surface area contributed by atoms with E-state index in [-0.39, 0.29) is 24.5 Å². The molecule has 174 valence electrons. The second-order valence-electron chi connectivity index (χ2n) is 8.23. The molecule has 0 aliphatic heterocycles. The first-order valence-electron chi connectivity index (χ1n) is 11.2. The summed E-state index contributed by atoms with van der Waals surface area (Å²) in [6.45, 7) is 6.55. The van der Waals surface area contributed by atoms with Gasteiger partial charge in [0.15, 0.2) is 0 Å². The average Bonchev–Trinajstić information content (AvgIpc) is 3.41. The summed E-state index contributed by atoms with van der Waals surface area (Å²) < 4.78 is 8.62. The Balaban J connectivity index is 1.38. The number of aromatic nitrogens is 5. The maximum Gasteiger partial charge on any atom is 0.327 e. The van der Waals surface area contributed by atoms with Crippen molar-refractivity contribution >= 4 is 34.5 Å². The highest BCUT2D eigenvalue weighted by Crippen LogP contribution is 2.27. The Morgan fingerprint density at radius 2 is 2.09 bits per heavy atom. The predicted octanol–water partition coefficient (Wildman–Crippen LogP) is 2.80. The Morgan fingerprint density at radius 3 is 2.85 bits per heavy atom. The third-order valence-electron chi connectivity index (χ3n) is 5.82. The van der Waals surface area contributed by atoms with Gasteiger partial charge in [-0.3, -0.25) is 14.3 Å². The summed E-state index contributed by atoms with van der Waals surface area (Å²) in [6, 6.07) is 2.25. The molecule has 1 fully saturated rings. The number of carbonyl (C=O) groups excluding carboxylic acids is 2. The van der Waals surface area contributed by atoms with Gasteiger partial charge in [0.2, 0.25) is 11.9 Å². The highest BCUT2D eigenvalue weighted by atomic mass is 16.5. The van der Waals surface area contributed by atoms with Crippen LogP contribution in [0.1, 0.15) is 32.6 Å². The first-order valence-corrected chi connectivity index (χ1v) is 11.2. The van der Waals surface area contributed by atoms with Crippen molar-refractivity contribution in [3.05, 3.63) is 43.5 Å². The van der Waals surface area contributed by atoms with Crippen LogP contribution in [0, 0.1) is 5.92 Å². The van der Waals surface area contributed by atoms with Gasteiger partial charge in [0, 0.05) is 36.6 Å². The molecule has 3 aromatic rings. The number of carbonyl (C=O) groups is 2. The lowest BCUT2D eigenvalue weighted by Gasteiger charge is -2.29. The molecule has 1 aliphatic carbocycles. The minimum absolute atomic E-state index is 0.0534. The van der Waals surface area contributed by atoms with Gasteiger partial charge in [-0.15, -0.1) is 0 Å². The van der Waals surface area contributed by atoms with Crippen molar-refractivity contribution in [2.24, 2.45) is 5.92 Å². The topological polar surface area (TPSA) is 116 Å². The predicted molar refractivity (Wildman–Crippen MR) is 124 cm³/mol. The standard InChI is InChI=1S/C23H29N7O3/c1-3-20(31)26-18-7-5-16(6-8-18)13-29-10-9-17-11-24-23(28-22(17)29)27-19-12-25-30(14-19)15-21(32)33-4-2/h3,9-12,14,16,18H,1,4-8,13,15H2,2H3,(H,26,31)(H,24,27,28). The summed E-state index contributed by atoms with van der Waals surface area (Å²) in [5.74, 6) is 0.566. The SMILES string of the molecule is C=CC(=O)NC1CCC(Cn2ccc3cnc(Nc4cnn(CC(=O)OCC)c4)nc32)CC1. The second kappa shape index (κ2) is 10.3. The van der Waals surface area contributed by atoms with E-state index in [2.05, 4.69) is 31.9 Å². The van der Waals surface area contributed by atoms with Crippen LogP contribution < -0.4 is 10.6 Å². The van der Waals surface area contributed by atoms with Crippen LogP contribution in [0.4, 0.5) is 11.6 Å². The van der Waals surface area contributed by atoms with Crippen LogP contribution >= 0.6 is 0 Å². The van der Waals surface area contributed by atoms with E-state index in [0.717, 1.165) is 43.3 Å². The molecule has 3 heterocycles. The number of esters is 1. The van der Waals surface area contributed by atoms with Crippen LogP contribution in [0.5, 0.6) is 0 Å². The first-order chi connectivity index (χ1) is 16.0. The fourth-order valence-electron chi connectivity index (χ4n) is 4.19. The second-order valence-corrected chi connectivity index (χ2v) is 8.23. The number of rotatable bonds is 9. The summed E-state index contributed by atoms with van der Waals surface area (Å²) in [7, 11) is 0. The molecular formula is C23H29N7O3. The lowest BCUT2D eigenvalue weighted by Crippen LogP contribution is -2.37. The maximum absolute atomic E-state index is 11.6. The van der Waals surface area contributed by atoms with Crippen molar-refractivity contribution in [2.75, 3.05) is 11.9 Å². The number of hydrogen-bond donors (Lipinski definition) is 2. The lowest BCUT2D eigenvalue weighted by atomic mass is 9.86. The molecule has 0 saturated heterocycles. The lowest BCUT2D eigenvalue weighted by molar-refractivity contribution is -0.144. The van der Waals surface area contributed by atoms with Crippen LogP contribution in [-0.2, 0) is 27.4 Å². The zero-order valence-electron chi connectivity index (χ0n) is 18.7. The number of nitrogens with zero attached hydrogens (tertiary/aromatic N) is 5. The Bertz CT molecular complexity index is 1130. The van der Waals surface area contributed by atoms with E-state index in [1.54, 1.807) is 25.5 Å². The first kappa shape index (κ1) is 22.5. The molecule has 0 bridgehead atoms. The number of nitrogens with one attached hydrogen (secondary N) is 2. The van der Waals surface area contributed by atoms with Gasteiger partial charge in [-0.25, -0.2) is 4.98 Å². The smallest absolute Gasteiger partial charge is 0.327 e. The zero-order valence-corrected chi connectivity index (χ0v) is 18.7. The van der Waals surface area contributed by atoms with Crippen molar-refractivity contribution in [3.63, 3.8) is 0 Å². The van der Waals surface area contributed by atoms with Crippen molar-refractivity contribution in [2.45, 2.75) is 51.7 Å².